The van der Waals surface area contributed by atoms with E-state index in [0.717, 1.165) is 30.2 Å². The fraction of sp³-hybridized carbons (Fsp3) is 0.533. The highest BCUT2D eigenvalue weighted by Crippen LogP contribution is 2.26. The predicted octanol–water partition coefficient (Wildman–Crippen LogP) is 2.45. The van der Waals surface area contributed by atoms with Crippen molar-refractivity contribution in [2.45, 2.75) is 25.8 Å². The van der Waals surface area contributed by atoms with E-state index < -0.39 is 0 Å². The third-order valence-corrected chi connectivity index (χ3v) is 3.77. The van der Waals surface area contributed by atoms with Gasteiger partial charge in [-0.3, -0.25) is 4.79 Å². The van der Waals surface area contributed by atoms with E-state index in [-0.39, 0.29) is 17.9 Å². The Kier molecular flexibility index (Phi) is 5.26. The number of hydrogen-bond acceptors (Lipinski definition) is 4. The molecule has 0 saturated carbocycles. The summed E-state index contributed by atoms with van der Waals surface area (Å²) in [6, 6.07) is 7.80. The average molecular weight is 297 g/mol. The Balaban J connectivity index is 2.00. The number of nitrogens with zero attached hydrogens (tertiary/aromatic N) is 1. The van der Waals surface area contributed by atoms with E-state index >= 15 is 0 Å². The first-order chi connectivity index (χ1) is 9.58. The number of rotatable bonds is 4. The highest BCUT2D eigenvalue weighted by atomic mass is 35.5. The summed E-state index contributed by atoms with van der Waals surface area (Å²) in [5.41, 5.74) is 7.21. The van der Waals surface area contributed by atoms with E-state index in [1.54, 1.807) is 0 Å². The number of halogens is 1. The highest BCUT2D eigenvalue weighted by molar-refractivity contribution is 6.30. The van der Waals surface area contributed by atoms with Crippen molar-refractivity contribution in [3.05, 3.63) is 29.3 Å². The molecule has 0 bridgehead atoms. The summed E-state index contributed by atoms with van der Waals surface area (Å²) in [5, 5.41) is 0.720. The van der Waals surface area contributed by atoms with E-state index in [2.05, 4.69) is 4.90 Å². The van der Waals surface area contributed by atoms with Crippen LogP contribution < -0.4 is 10.6 Å². The first-order valence-corrected chi connectivity index (χ1v) is 7.38. The zero-order valence-electron chi connectivity index (χ0n) is 11.7. The number of anilines is 1. The van der Waals surface area contributed by atoms with Gasteiger partial charge in [-0.1, -0.05) is 11.6 Å². The molecule has 2 atom stereocenters. The Morgan fingerprint density at radius 3 is 2.75 bits per heavy atom. The second kappa shape index (κ2) is 6.95. The van der Waals surface area contributed by atoms with Gasteiger partial charge in [0.1, 0.15) is 0 Å². The van der Waals surface area contributed by atoms with Crippen LogP contribution in [0.4, 0.5) is 5.69 Å². The standard InChI is InChI=1S/C15H21ClN2O2/c1-2-20-15(19)8-11-7-13(17)10-18(9-11)14-5-3-12(16)4-6-14/h3-6,11,13H,2,7-10,17H2,1H3. The summed E-state index contributed by atoms with van der Waals surface area (Å²) in [7, 11) is 0. The topological polar surface area (TPSA) is 55.6 Å². The largest absolute Gasteiger partial charge is 0.466 e. The molecule has 110 valence electrons. The van der Waals surface area contributed by atoms with Crippen molar-refractivity contribution >= 4 is 23.3 Å². The van der Waals surface area contributed by atoms with Crippen molar-refractivity contribution in [1.82, 2.24) is 0 Å². The van der Waals surface area contributed by atoms with Crippen molar-refractivity contribution in [2.75, 3.05) is 24.6 Å². The molecule has 0 aliphatic carbocycles. The number of ether oxygens (including phenoxy) is 1. The second-order valence-corrected chi connectivity index (χ2v) is 5.69. The van der Waals surface area contributed by atoms with Crippen LogP contribution in [0.2, 0.25) is 5.02 Å². The first kappa shape index (κ1) is 15.1. The maximum absolute atomic E-state index is 11.6. The summed E-state index contributed by atoms with van der Waals surface area (Å²) >= 11 is 5.91. The Morgan fingerprint density at radius 2 is 2.10 bits per heavy atom. The van der Waals surface area contributed by atoms with Crippen LogP contribution in [0.1, 0.15) is 19.8 Å². The van der Waals surface area contributed by atoms with Crippen LogP contribution in [-0.4, -0.2) is 31.7 Å². The molecule has 2 unspecified atom stereocenters. The molecule has 20 heavy (non-hydrogen) atoms. The Bertz CT molecular complexity index is 450. The quantitative estimate of drug-likeness (QED) is 0.867. The molecule has 0 radical (unpaired) electrons. The van der Waals surface area contributed by atoms with E-state index in [4.69, 9.17) is 22.1 Å². The van der Waals surface area contributed by atoms with Gasteiger partial charge in [-0.2, -0.15) is 0 Å². The molecule has 1 fully saturated rings. The van der Waals surface area contributed by atoms with Crippen molar-refractivity contribution in [3.8, 4) is 0 Å². The number of piperidine rings is 1. The van der Waals surface area contributed by atoms with Crippen molar-refractivity contribution < 1.29 is 9.53 Å². The molecule has 1 aromatic carbocycles. The lowest BCUT2D eigenvalue weighted by Gasteiger charge is -2.37. The molecule has 2 N–H and O–H groups in total. The molecule has 4 nitrogen and oxygen atoms in total. The number of esters is 1. The fourth-order valence-electron chi connectivity index (χ4n) is 2.71. The molecule has 1 saturated heterocycles. The minimum Gasteiger partial charge on any atom is -0.466 e. The van der Waals surface area contributed by atoms with Gasteiger partial charge in [0.05, 0.1) is 13.0 Å². The van der Waals surface area contributed by atoms with E-state index in [1.165, 1.54) is 0 Å². The lowest BCUT2D eigenvalue weighted by Crippen LogP contribution is -2.47. The average Bonchev–Trinajstić information content (AvgIpc) is 2.39. The second-order valence-electron chi connectivity index (χ2n) is 5.25. The summed E-state index contributed by atoms with van der Waals surface area (Å²) in [6.45, 7) is 3.89. The SMILES string of the molecule is CCOC(=O)CC1CC(N)CN(c2ccc(Cl)cc2)C1. The van der Waals surface area contributed by atoms with E-state index in [1.807, 2.05) is 31.2 Å². The van der Waals surface area contributed by atoms with Crippen molar-refractivity contribution in [3.63, 3.8) is 0 Å². The number of benzene rings is 1. The zero-order valence-corrected chi connectivity index (χ0v) is 12.5. The maximum Gasteiger partial charge on any atom is 0.306 e. The van der Waals surface area contributed by atoms with Gasteiger partial charge in [0, 0.05) is 29.8 Å². The molecular formula is C15H21ClN2O2. The summed E-state index contributed by atoms with van der Waals surface area (Å²) in [5.74, 6) is 0.108. The third-order valence-electron chi connectivity index (χ3n) is 3.52. The number of nitrogens with two attached hydrogens (primary N) is 1. The van der Waals surface area contributed by atoms with Crippen LogP contribution in [0.5, 0.6) is 0 Å². The predicted molar refractivity (Wildman–Crippen MR) is 81.0 cm³/mol. The van der Waals surface area contributed by atoms with Gasteiger partial charge in [0.15, 0.2) is 0 Å². The minimum absolute atomic E-state index is 0.0823. The normalized spacial score (nSPS) is 22.6. The van der Waals surface area contributed by atoms with Gasteiger partial charge in [-0.15, -0.1) is 0 Å². The molecular weight excluding hydrogens is 276 g/mol. The molecule has 0 spiro atoms. The maximum atomic E-state index is 11.6. The summed E-state index contributed by atoms with van der Waals surface area (Å²) < 4.78 is 5.02. The first-order valence-electron chi connectivity index (χ1n) is 7.00. The van der Waals surface area contributed by atoms with Crippen LogP contribution in [-0.2, 0) is 9.53 Å². The summed E-state index contributed by atoms with van der Waals surface area (Å²) in [6.07, 6.45) is 1.30. The molecule has 2 rings (SSSR count). The molecule has 0 amide bonds. The molecule has 5 heteroatoms. The van der Waals surface area contributed by atoms with Gasteiger partial charge >= 0.3 is 5.97 Å². The molecule has 1 heterocycles. The number of hydrogen-bond donors (Lipinski definition) is 1. The zero-order chi connectivity index (χ0) is 14.5. The lowest BCUT2D eigenvalue weighted by molar-refractivity contribution is -0.144. The molecule has 0 aromatic heterocycles. The fourth-order valence-corrected chi connectivity index (χ4v) is 2.84. The van der Waals surface area contributed by atoms with Crippen molar-refractivity contribution in [2.24, 2.45) is 11.7 Å². The smallest absolute Gasteiger partial charge is 0.306 e. The Labute approximate surface area is 124 Å². The number of carbonyl (C=O) groups excluding carboxylic acids is 1. The van der Waals surface area contributed by atoms with Crippen LogP contribution in [0.3, 0.4) is 0 Å². The van der Waals surface area contributed by atoms with Gasteiger partial charge in [-0.05, 0) is 43.5 Å². The van der Waals surface area contributed by atoms with Gasteiger partial charge in [0.2, 0.25) is 0 Å². The van der Waals surface area contributed by atoms with Crippen molar-refractivity contribution in [1.29, 1.82) is 0 Å². The van der Waals surface area contributed by atoms with E-state index in [9.17, 15) is 4.79 Å². The Hall–Kier alpha value is -1.26. The molecule has 1 aliphatic rings. The van der Waals surface area contributed by atoms with Gasteiger partial charge in [0.25, 0.3) is 0 Å². The number of carbonyl (C=O) groups is 1. The van der Waals surface area contributed by atoms with Gasteiger partial charge < -0.3 is 15.4 Å². The van der Waals surface area contributed by atoms with Crippen LogP contribution in [0, 0.1) is 5.92 Å². The van der Waals surface area contributed by atoms with Gasteiger partial charge in [-0.25, -0.2) is 0 Å². The van der Waals surface area contributed by atoms with Crippen LogP contribution in [0.25, 0.3) is 0 Å². The van der Waals surface area contributed by atoms with E-state index in [0.29, 0.717) is 13.0 Å². The minimum atomic E-state index is -0.136. The summed E-state index contributed by atoms with van der Waals surface area (Å²) in [4.78, 5) is 13.8. The monoisotopic (exact) mass is 296 g/mol. The lowest BCUT2D eigenvalue weighted by atomic mass is 9.91. The molecule has 1 aliphatic heterocycles. The van der Waals surface area contributed by atoms with Crippen LogP contribution in [0.15, 0.2) is 24.3 Å². The van der Waals surface area contributed by atoms with Crippen LogP contribution >= 0.6 is 11.6 Å². The third kappa shape index (κ3) is 4.12. The molecule has 1 aromatic rings. The highest BCUT2D eigenvalue weighted by Gasteiger charge is 2.27. The Morgan fingerprint density at radius 1 is 1.40 bits per heavy atom.